The van der Waals surface area contributed by atoms with Crippen molar-refractivity contribution < 1.29 is 9.13 Å². The summed E-state index contributed by atoms with van der Waals surface area (Å²) in [5, 5.41) is 0.508. The molecule has 0 saturated carbocycles. The molecule has 19 heavy (non-hydrogen) atoms. The molecule has 2 rings (SSSR count). The van der Waals surface area contributed by atoms with Gasteiger partial charge in [-0.3, -0.25) is 0 Å². The predicted molar refractivity (Wildman–Crippen MR) is 74.2 cm³/mol. The Balaban J connectivity index is 2.13. The standard InChI is InChI=1S/C12H11ClFN3OS/c1-7-3-11(15-6-9(7)14)17-19-10-4-8(13)5-16-12(10)18-2/h3-6H,1-2H3,(H,15,17). The summed E-state index contributed by atoms with van der Waals surface area (Å²) in [6.45, 7) is 1.67. The van der Waals surface area contributed by atoms with Gasteiger partial charge in [-0.1, -0.05) is 11.6 Å². The molecule has 0 aliphatic rings. The average Bonchev–Trinajstić information content (AvgIpc) is 2.40. The minimum Gasteiger partial charge on any atom is -0.480 e. The van der Waals surface area contributed by atoms with Crippen LogP contribution in [0.5, 0.6) is 5.88 Å². The molecule has 0 amide bonds. The Hall–Kier alpha value is -1.53. The number of pyridine rings is 2. The summed E-state index contributed by atoms with van der Waals surface area (Å²) in [5.74, 6) is 0.671. The van der Waals surface area contributed by atoms with Crippen LogP contribution in [-0.4, -0.2) is 17.1 Å². The molecule has 2 heterocycles. The van der Waals surface area contributed by atoms with Gasteiger partial charge < -0.3 is 9.46 Å². The molecule has 0 aliphatic carbocycles. The summed E-state index contributed by atoms with van der Waals surface area (Å²) in [4.78, 5) is 8.70. The van der Waals surface area contributed by atoms with E-state index in [1.165, 1.54) is 31.5 Å². The predicted octanol–water partition coefficient (Wildman–Crippen LogP) is 3.71. The van der Waals surface area contributed by atoms with E-state index in [-0.39, 0.29) is 5.82 Å². The number of hydrogen-bond donors (Lipinski definition) is 1. The molecular formula is C12H11ClFN3OS. The molecule has 0 fully saturated rings. The first-order chi connectivity index (χ1) is 9.10. The summed E-state index contributed by atoms with van der Waals surface area (Å²) in [7, 11) is 1.53. The first-order valence-corrected chi connectivity index (χ1v) is 6.54. The van der Waals surface area contributed by atoms with E-state index in [1.54, 1.807) is 19.1 Å². The molecule has 0 unspecified atom stereocenters. The van der Waals surface area contributed by atoms with Crippen molar-refractivity contribution in [2.24, 2.45) is 0 Å². The number of ether oxygens (including phenoxy) is 1. The van der Waals surface area contributed by atoms with E-state index in [4.69, 9.17) is 16.3 Å². The Kier molecular flexibility index (Phi) is 4.44. The number of nitrogens with one attached hydrogen (secondary N) is 1. The van der Waals surface area contributed by atoms with E-state index in [0.29, 0.717) is 22.3 Å². The van der Waals surface area contributed by atoms with Crippen molar-refractivity contribution >= 4 is 29.4 Å². The number of nitrogens with zero attached hydrogens (tertiary/aromatic N) is 2. The SMILES string of the molecule is COc1ncc(Cl)cc1SNc1cc(C)c(F)cn1. The Morgan fingerprint density at radius 1 is 1.32 bits per heavy atom. The lowest BCUT2D eigenvalue weighted by molar-refractivity contribution is 0.387. The molecule has 0 aromatic carbocycles. The van der Waals surface area contributed by atoms with E-state index in [0.717, 1.165) is 4.90 Å². The van der Waals surface area contributed by atoms with Crippen LogP contribution in [0.3, 0.4) is 0 Å². The highest BCUT2D eigenvalue weighted by molar-refractivity contribution is 8.00. The molecule has 4 nitrogen and oxygen atoms in total. The van der Waals surface area contributed by atoms with Crippen molar-refractivity contribution in [1.29, 1.82) is 0 Å². The number of halogens is 2. The molecule has 2 aromatic heterocycles. The lowest BCUT2D eigenvalue weighted by Gasteiger charge is -2.09. The summed E-state index contributed by atoms with van der Waals surface area (Å²) in [6.07, 6.45) is 2.68. The average molecular weight is 300 g/mol. The molecule has 7 heteroatoms. The van der Waals surface area contributed by atoms with Gasteiger partial charge in [0, 0.05) is 6.20 Å². The first kappa shape index (κ1) is 13.9. The highest BCUT2D eigenvalue weighted by Gasteiger charge is 2.07. The second-order valence-electron chi connectivity index (χ2n) is 3.68. The molecule has 0 saturated heterocycles. The van der Waals surface area contributed by atoms with Gasteiger partial charge in [-0.25, -0.2) is 14.4 Å². The van der Waals surface area contributed by atoms with E-state index in [2.05, 4.69) is 14.7 Å². The van der Waals surface area contributed by atoms with Crippen LogP contribution in [0.15, 0.2) is 29.4 Å². The topological polar surface area (TPSA) is 47.0 Å². The Labute approximate surface area is 119 Å². The third kappa shape index (κ3) is 3.48. The van der Waals surface area contributed by atoms with Gasteiger partial charge in [-0.15, -0.1) is 0 Å². The number of aromatic nitrogens is 2. The second kappa shape index (κ2) is 6.08. The first-order valence-electron chi connectivity index (χ1n) is 5.34. The Morgan fingerprint density at radius 2 is 2.11 bits per heavy atom. The van der Waals surface area contributed by atoms with E-state index < -0.39 is 0 Å². The summed E-state index contributed by atoms with van der Waals surface area (Å²) < 4.78 is 21.2. The smallest absolute Gasteiger partial charge is 0.228 e. The maximum atomic E-state index is 13.1. The van der Waals surface area contributed by atoms with E-state index in [9.17, 15) is 4.39 Å². The third-order valence-corrected chi connectivity index (χ3v) is 3.32. The number of methoxy groups -OCH3 is 1. The van der Waals surface area contributed by atoms with Gasteiger partial charge in [-0.2, -0.15) is 0 Å². The van der Waals surface area contributed by atoms with Crippen LogP contribution >= 0.6 is 23.5 Å². The lowest BCUT2D eigenvalue weighted by atomic mass is 10.3. The summed E-state index contributed by atoms with van der Waals surface area (Å²) in [6, 6.07) is 3.34. The van der Waals surface area contributed by atoms with Gasteiger partial charge in [0.25, 0.3) is 0 Å². The minimum absolute atomic E-state index is 0.336. The largest absolute Gasteiger partial charge is 0.480 e. The molecule has 0 atom stereocenters. The highest BCUT2D eigenvalue weighted by Crippen LogP contribution is 2.30. The molecule has 0 bridgehead atoms. The zero-order valence-electron chi connectivity index (χ0n) is 10.3. The van der Waals surface area contributed by atoms with Crippen molar-refractivity contribution in [1.82, 2.24) is 9.97 Å². The number of anilines is 1. The second-order valence-corrected chi connectivity index (χ2v) is 4.97. The summed E-state index contributed by atoms with van der Waals surface area (Å²) >= 11 is 7.12. The van der Waals surface area contributed by atoms with Crippen LogP contribution in [0.2, 0.25) is 5.02 Å². The fraction of sp³-hybridized carbons (Fsp3) is 0.167. The Morgan fingerprint density at radius 3 is 2.79 bits per heavy atom. The van der Waals surface area contributed by atoms with Crippen molar-refractivity contribution in [2.45, 2.75) is 11.8 Å². The van der Waals surface area contributed by atoms with Crippen LogP contribution in [0.1, 0.15) is 5.56 Å². The molecule has 0 radical (unpaired) electrons. The molecule has 1 N–H and O–H groups in total. The van der Waals surface area contributed by atoms with E-state index in [1.807, 2.05) is 0 Å². The third-order valence-electron chi connectivity index (χ3n) is 2.29. The van der Waals surface area contributed by atoms with Gasteiger partial charge >= 0.3 is 0 Å². The lowest BCUT2D eigenvalue weighted by Crippen LogP contribution is -1.96. The fourth-order valence-corrected chi connectivity index (χ4v) is 2.29. The van der Waals surface area contributed by atoms with Crippen molar-refractivity contribution in [3.05, 3.63) is 40.9 Å². The monoisotopic (exact) mass is 299 g/mol. The van der Waals surface area contributed by atoms with Crippen molar-refractivity contribution in [2.75, 3.05) is 11.8 Å². The molecule has 0 spiro atoms. The van der Waals surface area contributed by atoms with Gasteiger partial charge in [0.05, 0.1) is 23.2 Å². The summed E-state index contributed by atoms with van der Waals surface area (Å²) in [5.41, 5.74) is 0.522. The van der Waals surface area contributed by atoms with Gasteiger partial charge in [0.2, 0.25) is 5.88 Å². The van der Waals surface area contributed by atoms with Crippen LogP contribution in [0, 0.1) is 12.7 Å². The van der Waals surface area contributed by atoms with Crippen molar-refractivity contribution in [3.63, 3.8) is 0 Å². The van der Waals surface area contributed by atoms with Gasteiger partial charge in [0.1, 0.15) is 11.6 Å². The quantitative estimate of drug-likeness (QED) is 0.872. The normalized spacial score (nSPS) is 10.3. The maximum Gasteiger partial charge on any atom is 0.228 e. The van der Waals surface area contributed by atoms with Crippen LogP contribution in [-0.2, 0) is 0 Å². The highest BCUT2D eigenvalue weighted by atomic mass is 35.5. The zero-order valence-corrected chi connectivity index (χ0v) is 11.8. The van der Waals surface area contributed by atoms with Gasteiger partial charge in [-0.05, 0) is 36.6 Å². The van der Waals surface area contributed by atoms with Crippen LogP contribution < -0.4 is 9.46 Å². The van der Waals surface area contributed by atoms with E-state index >= 15 is 0 Å². The van der Waals surface area contributed by atoms with Gasteiger partial charge in [0.15, 0.2) is 0 Å². The molecule has 0 aliphatic heterocycles. The fourth-order valence-electron chi connectivity index (χ4n) is 1.34. The minimum atomic E-state index is -0.336. The maximum absolute atomic E-state index is 13.1. The van der Waals surface area contributed by atoms with Crippen molar-refractivity contribution in [3.8, 4) is 5.88 Å². The Bertz CT molecular complexity index is 597. The number of hydrogen-bond acceptors (Lipinski definition) is 5. The van der Waals surface area contributed by atoms with Crippen LogP contribution in [0.25, 0.3) is 0 Å². The number of rotatable bonds is 4. The molecule has 2 aromatic rings. The zero-order chi connectivity index (χ0) is 13.8. The molecule has 100 valence electrons. The number of aryl methyl sites for hydroxylation is 1. The van der Waals surface area contributed by atoms with Crippen LogP contribution in [0.4, 0.5) is 10.2 Å². The molecular weight excluding hydrogens is 289 g/mol.